The number of thiocarbonyl (C=S) groups is 1. The molecule has 1 aliphatic heterocycles. The number of ether oxygens (including phenoxy) is 1. The zero-order chi connectivity index (χ0) is 13.5. The topological polar surface area (TPSA) is 51.1 Å². The highest BCUT2D eigenvalue weighted by Gasteiger charge is 2.14. The van der Waals surface area contributed by atoms with Gasteiger partial charge in [0.2, 0.25) is 0 Å². The van der Waals surface area contributed by atoms with Gasteiger partial charge in [-0.05, 0) is 47.4 Å². The van der Waals surface area contributed by atoms with Gasteiger partial charge in [-0.15, -0.1) is 0 Å². The zero-order valence-corrected chi connectivity index (χ0v) is 13.2. The van der Waals surface area contributed by atoms with Gasteiger partial charge >= 0.3 is 0 Å². The monoisotopic (exact) mass is 346 g/mol. The third-order valence-corrected chi connectivity index (χ3v) is 3.66. The maximum atomic E-state index is 5.52. The van der Waals surface area contributed by atoms with Crippen LogP contribution in [0.4, 0.5) is 0 Å². The number of aromatic nitrogens is 2. The van der Waals surface area contributed by atoms with Crippen LogP contribution < -0.4 is 10.6 Å². The minimum Gasteiger partial charge on any atom is -0.376 e. The number of halogens is 1. The van der Waals surface area contributed by atoms with E-state index in [1.807, 2.05) is 10.9 Å². The molecule has 1 aromatic heterocycles. The number of nitrogens with zero attached hydrogens (tertiary/aromatic N) is 2. The maximum Gasteiger partial charge on any atom is 0.166 e. The first-order valence-corrected chi connectivity index (χ1v) is 7.75. The van der Waals surface area contributed by atoms with Crippen LogP contribution in [0.1, 0.15) is 19.3 Å². The van der Waals surface area contributed by atoms with E-state index in [9.17, 15) is 0 Å². The smallest absolute Gasteiger partial charge is 0.166 e. The third-order valence-electron chi connectivity index (χ3n) is 2.97. The predicted octanol–water partition coefficient (Wildman–Crippen LogP) is 1.68. The molecule has 7 heteroatoms. The van der Waals surface area contributed by atoms with Crippen molar-refractivity contribution in [2.75, 3.05) is 19.7 Å². The van der Waals surface area contributed by atoms with E-state index in [4.69, 9.17) is 17.0 Å². The molecular weight excluding hydrogens is 328 g/mol. The molecule has 0 radical (unpaired) electrons. The van der Waals surface area contributed by atoms with E-state index < -0.39 is 0 Å². The van der Waals surface area contributed by atoms with Gasteiger partial charge in [-0.3, -0.25) is 4.68 Å². The van der Waals surface area contributed by atoms with E-state index >= 15 is 0 Å². The molecule has 2 rings (SSSR count). The molecule has 0 spiro atoms. The molecule has 0 bridgehead atoms. The summed E-state index contributed by atoms with van der Waals surface area (Å²) in [6.07, 6.45) is 7.35. The van der Waals surface area contributed by atoms with Crippen molar-refractivity contribution in [3.05, 3.63) is 16.9 Å². The van der Waals surface area contributed by atoms with E-state index in [1.165, 1.54) is 0 Å². The van der Waals surface area contributed by atoms with Crippen LogP contribution in [0.5, 0.6) is 0 Å². The van der Waals surface area contributed by atoms with E-state index in [-0.39, 0.29) is 0 Å². The molecule has 1 atom stereocenters. The molecule has 5 nitrogen and oxygen atoms in total. The van der Waals surface area contributed by atoms with E-state index in [0.717, 1.165) is 50.0 Å². The molecule has 1 fully saturated rings. The molecule has 2 N–H and O–H groups in total. The quantitative estimate of drug-likeness (QED) is 0.606. The van der Waals surface area contributed by atoms with E-state index in [1.54, 1.807) is 6.20 Å². The summed E-state index contributed by atoms with van der Waals surface area (Å²) < 4.78 is 8.44. The molecule has 1 saturated heterocycles. The van der Waals surface area contributed by atoms with Crippen LogP contribution in [0.15, 0.2) is 16.9 Å². The number of aryl methyl sites for hydroxylation is 1. The summed E-state index contributed by atoms with van der Waals surface area (Å²) >= 11 is 8.59. The number of hydrogen-bond donors (Lipinski definition) is 2. The Morgan fingerprint density at radius 2 is 2.47 bits per heavy atom. The van der Waals surface area contributed by atoms with Crippen LogP contribution in [0.3, 0.4) is 0 Å². The summed E-state index contributed by atoms with van der Waals surface area (Å²) in [6.45, 7) is 3.41. The van der Waals surface area contributed by atoms with Crippen LogP contribution in [-0.4, -0.2) is 40.7 Å². The van der Waals surface area contributed by atoms with Gasteiger partial charge in [-0.2, -0.15) is 5.10 Å². The van der Waals surface area contributed by atoms with Crippen LogP contribution in [-0.2, 0) is 11.3 Å². The van der Waals surface area contributed by atoms with Gasteiger partial charge in [-0.25, -0.2) is 0 Å². The van der Waals surface area contributed by atoms with Crippen molar-refractivity contribution < 1.29 is 4.74 Å². The first kappa shape index (κ1) is 14.7. The summed E-state index contributed by atoms with van der Waals surface area (Å²) in [5.41, 5.74) is 0. The van der Waals surface area contributed by atoms with Crippen molar-refractivity contribution in [1.82, 2.24) is 20.4 Å². The van der Waals surface area contributed by atoms with Gasteiger partial charge in [0.05, 0.1) is 16.8 Å². The van der Waals surface area contributed by atoms with Gasteiger partial charge in [0, 0.05) is 32.4 Å². The lowest BCUT2D eigenvalue weighted by molar-refractivity contribution is 0.114. The molecule has 106 valence electrons. The second-order valence-electron chi connectivity index (χ2n) is 4.55. The summed E-state index contributed by atoms with van der Waals surface area (Å²) in [6, 6.07) is 0. The second-order valence-corrected chi connectivity index (χ2v) is 5.87. The highest BCUT2D eigenvalue weighted by atomic mass is 79.9. The highest BCUT2D eigenvalue weighted by molar-refractivity contribution is 9.10. The molecule has 19 heavy (non-hydrogen) atoms. The Kier molecular flexibility index (Phi) is 6.06. The lowest BCUT2D eigenvalue weighted by atomic mass is 10.2. The van der Waals surface area contributed by atoms with Crippen molar-refractivity contribution in [1.29, 1.82) is 0 Å². The Morgan fingerprint density at radius 1 is 1.58 bits per heavy atom. The fourth-order valence-corrected chi connectivity index (χ4v) is 2.49. The van der Waals surface area contributed by atoms with Crippen LogP contribution >= 0.6 is 28.1 Å². The molecule has 0 amide bonds. The van der Waals surface area contributed by atoms with E-state index in [0.29, 0.717) is 11.2 Å². The van der Waals surface area contributed by atoms with Gasteiger partial charge < -0.3 is 15.4 Å². The van der Waals surface area contributed by atoms with Crippen molar-refractivity contribution in [2.45, 2.75) is 31.9 Å². The number of nitrogens with one attached hydrogen (secondary N) is 2. The van der Waals surface area contributed by atoms with Gasteiger partial charge in [0.1, 0.15) is 0 Å². The van der Waals surface area contributed by atoms with Crippen LogP contribution in [0.2, 0.25) is 0 Å². The molecule has 0 aliphatic carbocycles. The standard InChI is InChI=1S/C12H19BrN4OS/c13-10-7-16-17(9-10)5-2-4-14-12(19)15-8-11-3-1-6-18-11/h7,9,11H,1-6,8H2,(H2,14,15,19). The minimum absolute atomic E-state index is 0.321. The molecule has 2 heterocycles. The minimum atomic E-state index is 0.321. The van der Waals surface area contributed by atoms with Crippen molar-refractivity contribution in [3.8, 4) is 0 Å². The number of rotatable bonds is 6. The first-order chi connectivity index (χ1) is 9.24. The van der Waals surface area contributed by atoms with E-state index in [2.05, 4.69) is 31.7 Å². The normalized spacial score (nSPS) is 18.5. The fourth-order valence-electron chi connectivity index (χ4n) is 1.98. The summed E-state index contributed by atoms with van der Waals surface area (Å²) in [5.74, 6) is 0. The largest absolute Gasteiger partial charge is 0.376 e. The SMILES string of the molecule is S=C(NCCCn1cc(Br)cn1)NCC1CCCO1. The Morgan fingerprint density at radius 3 is 3.16 bits per heavy atom. The average molecular weight is 347 g/mol. The van der Waals surface area contributed by atoms with Crippen molar-refractivity contribution in [2.24, 2.45) is 0 Å². The highest BCUT2D eigenvalue weighted by Crippen LogP contribution is 2.10. The third kappa shape index (κ3) is 5.46. The average Bonchev–Trinajstić information content (AvgIpc) is 3.04. The summed E-state index contributed by atoms with van der Waals surface area (Å²) in [7, 11) is 0. The molecule has 1 aliphatic rings. The summed E-state index contributed by atoms with van der Waals surface area (Å²) in [5, 5.41) is 11.3. The molecule has 0 saturated carbocycles. The van der Waals surface area contributed by atoms with Crippen LogP contribution in [0.25, 0.3) is 0 Å². The van der Waals surface area contributed by atoms with Gasteiger partial charge in [0.25, 0.3) is 0 Å². The van der Waals surface area contributed by atoms with Crippen molar-refractivity contribution >= 4 is 33.3 Å². The Labute approximate surface area is 127 Å². The van der Waals surface area contributed by atoms with Crippen LogP contribution in [0, 0.1) is 0 Å². The Balaban J connectivity index is 1.51. The fraction of sp³-hybridized carbons (Fsp3) is 0.667. The maximum absolute atomic E-state index is 5.52. The molecule has 0 aromatic carbocycles. The number of hydrogen-bond acceptors (Lipinski definition) is 3. The van der Waals surface area contributed by atoms with Gasteiger partial charge in [0.15, 0.2) is 5.11 Å². The lowest BCUT2D eigenvalue weighted by Crippen LogP contribution is -2.39. The molecular formula is C12H19BrN4OS. The Hall–Kier alpha value is -0.660. The first-order valence-electron chi connectivity index (χ1n) is 6.55. The molecule has 1 aromatic rings. The summed E-state index contributed by atoms with van der Waals surface area (Å²) in [4.78, 5) is 0. The molecule has 1 unspecified atom stereocenters. The predicted molar refractivity (Wildman–Crippen MR) is 82.1 cm³/mol. The lowest BCUT2D eigenvalue weighted by Gasteiger charge is -2.13. The Bertz CT molecular complexity index is 406. The second kappa shape index (κ2) is 7.81. The zero-order valence-electron chi connectivity index (χ0n) is 10.8. The van der Waals surface area contributed by atoms with Crippen molar-refractivity contribution in [3.63, 3.8) is 0 Å². The van der Waals surface area contributed by atoms with Gasteiger partial charge in [-0.1, -0.05) is 0 Å².